The second-order valence-corrected chi connectivity index (χ2v) is 7.50. The van der Waals surface area contributed by atoms with Crippen LogP contribution in [0.1, 0.15) is 40.4 Å². The van der Waals surface area contributed by atoms with Crippen LogP contribution >= 0.6 is 0 Å². The van der Waals surface area contributed by atoms with Crippen LogP contribution in [0.15, 0.2) is 0 Å². The van der Waals surface area contributed by atoms with Gasteiger partial charge < -0.3 is 19.9 Å². The fourth-order valence-electron chi connectivity index (χ4n) is 3.79. The van der Waals surface area contributed by atoms with Gasteiger partial charge in [-0.25, -0.2) is 0 Å². The molecule has 29 heavy (non-hydrogen) atoms. The van der Waals surface area contributed by atoms with Gasteiger partial charge in [0.05, 0.1) is 31.0 Å². The van der Waals surface area contributed by atoms with Crippen LogP contribution < -0.4 is 15.1 Å². The highest BCUT2D eigenvalue weighted by Gasteiger charge is 2.22. The lowest BCUT2D eigenvalue weighted by molar-refractivity contribution is 0.0948. The van der Waals surface area contributed by atoms with Crippen molar-refractivity contribution in [3.8, 4) is 0 Å². The molecule has 0 aliphatic carbocycles. The summed E-state index contributed by atoms with van der Waals surface area (Å²) in [7, 11) is 1.84. The minimum atomic E-state index is -0.163. The normalized spacial score (nSPS) is 17.1. The predicted octanol–water partition coefficient (Wildman–Crippen LogP) is 0.589. The van der Waals surface area contributed by atoms with Gasteiger partial charge in [0, 0.05) is 38.9 Å². The number of nitrogens with one attached hydrogen (secondary N) is 1. The Morgan fingerprint density at radius 1 is 1.00 bits per heavy atom. The first kappa shape index (κ1) is 19.6. The third-order valence-electron chi connectivity index (χ3n) is 5.48. The first-order chi connectivity index (χ1) is 14.0. The van der Waals surface area contributed by atoms with Crippen LogP contribution in [0.5, 0.6) is 0 Å². The molecule has 2 aliphatic heterocycles. The molecule has 1 amide bonds. The van der Waals surface area contributed by atoms with Gasteiger partial charge in [0.25, 0.3) is 5.91 Å². The van der Waals surface area contributed by atoms with Crippen LogP contribution in [-0.4, -0.2) is 70.0 Å². The van der Waals surface area contributed by atoms with E-state index in [-0.39, 0.29) is 12.5 Å². The molecule has 0 saturated carbocycles. The number of aromatic nitrogens is 5. The Morgan fingerprint density at radius 2 is 1.62 bits per heavy atom. The maximum atomic E-state index is 12.7. The van der Waals surface area contributed by atoms with E-state index in [1.165, 1.54) is 0 Å². The average Bonchev–Trinajstić information content (AvgIpc) is 3.35. The zero-order chi connectivity index (χ0) is 20.4. The summed E-state index contributed by atoms with van der Waals surface area (Å²) in [6, 6.07) is 0. The minimum absolute atomic E-state index is 0.163. The maximum Gasteiger partial charge on any atom is 0.255 e. The molecule has 2 aliphatic rings. The van der Waals surface area contributed by atoms with Gasteiger partial charge in [-0.3, -0.25) is 9.48 Å². The highest BCUT2D eigenvalue weighted by atomic mass is 16.5. The third kappa shape index (κ3) is 4.16. The van der Waals surface area contributed by atoms with Gasteiger partial charge in [0.1, 0.15) is 0 Å². The molecule has 2 saturated heterocycles. The molecule has 4 heterocycles. The van der Waals surface area contributed by atoms with E-state index in [0.29, 0.717) is 42.2 Å². The molecule has 10 nitrogen and oxygen atoms in total. The van der Waals surface area contributed by atoms with Crippen molar-refractivity contribution in [3.63, 3.8) is 0 Å². The smallest absolute Gasteiger partial charge is 0.255 e. The predicted molar refractivity (Wildman–Crippen MR) is 108 cm³/mol. The Morgan fingerprint density at radius 3 is 2.21 bits per heavy atom. The van der Waals surface area contributed by atoms with Gasteiger partial charge in [0.15, 0.2) is 5.82 Å². The van der Waals surface area contributed by atoms with Crippen molar-refractivity contribution in [1.29, 1.82) is 0 Å². The van der Waals surface area contributed by atoms with Crippen LogP contribution in [0, 0.1) is 13.8 Å². The fraction of sp³-hybridized carbons (Fsp3) is 0.632. The lowest BCUT2D eigenvalue weighted by atomic mass is 10.2. The van der Waals surface area contributed by atoms with Crippen LogP contribution in [0.25, 0.3) is 0 Å². The minimum Gasteiger partial charge on any atom is -0.378 e. The zero-order valence-corrected chi connectivity index (χ0v) is 17.3. The topological polar surface area (TPSA) is 101 Å². The average molecular weight is 400 g/mol. The Balaban J connectivity index is 1.55. The monoisotopic (exact) mass is 400 g/mol. The molecule has 156 valence electrons. The highest BCUT2D eigenvalue weighted by molar-refractivity contribution is 5.96. The van der Waals surface area contributed by atoms with E-state index >= 15 is 0 Å². The number of amides is 1. The van der Waals surface area contributed by atoms with E-state index in [4.69, 9.17) is 9.72 Å². The summed E-state index contributed by atoms with van der Waals surface area (Å²) < 4.78 is 7.16. The molecule has 0 unspecified atom stereocenters. The van der Waals surface area contributed by atoms with E-state index in [1.807, 2.05) is 20.9 Å². The Bertz CT molecular complexity index is 885. The second-order valence-electron chi connectivity index (χ2n) is 7.50. The zero-order valence-electron chi connectivity index (χ0n) is 17.3. The molecule has 1 N–H and O–H groups in total. The first-order valence-corrected chi connectivity index (χ1v) is 10.1. The van der Waals surface area contributed by atoms with Gasteiger partial charge in [0.2, 0.25) is 11.9 Å². The van der Waals surface area contributed by atoms with Gasteiger partial charge in [-0.15, -0.1) is 0 Å². The number of anilines is 2. The summed E-state index contributed by atoms with van der Waals surface area (Å²) >= 11 is 0. The fourth-order valence-corrected chi connectivity index (χ4v) is 3.79. The summed E-state index contributed by atoms with van der Waals surface area (Å²) in [6.45, 7) is 8.71. The summed E-state index contributed by atoms with van der Waals surface area (Å²) in [4.78, 5) is 31.0. The van der Waals surface area contributed by atoms with Gasteiger partial charge in [-0.05, 0) is 26.7 Å². The molecule has 2 aromatic rings. The highest BCUT2D eigenvalue weighted by Crippen LogP contribution is 2.20. The van der Waals surface area contributed by atoms with Crippen molar-refractivity contribution < 1.29 is 9.53 Å². The van der Waals surface area contributed by atoms with Gasteiger partial charge >= 0.3 is 0 Å². The van der Waals surface area contributed by atoms with Crippen molar-refractivity contribution >= 4 is 17.8 Å². The number of carbonyl (C=O) groups is 1. The number of nitrogens with zero attached hydrogens (tertiary/aromatic N) is 7. The summed E-state index contributed by atoms with van der Waals surface area (Å²) in [5, 5.41) is 7.27. The summed E-state index contributed by atoms with van der Waals surface area (Å²) in [5.74, 6) is 1.75. The number of hydrogen-bond donors (Lipinski definition) is 1. The van der Waals surface area contributed by atoms with E-state index in [9.17, 15) is 4.79 Å². The molecule has 10 heteroatoms. The van der Waals surface area contributed by atoms with E-state index in [1.54, 1.807) is 4.68 Å². The van der Waals surface area contributed by atoms with Crippen molar-refractivity contribution in [3.05, 3.63) is 22.8 Å². The Kier molecular flexibility index (Phi) is 5.61. The number of carbonyl (C=O) groups excluding carboxylic acids is 1. The lowest BCUT2D eigenvalue weighted by Gasteiger charge is -2.28. The summed E-state index contributed by atoms with van der Waals surface area (Å²) in [5.41, 5.74) is 2.15. The van der Waals surface area contributed by atoms with Crippen molar-refractivity contribution in [2.75, 3.05) is 49.2 Å². The van der Waals surface area contributed by atoms with E-state index in [2.05, 4.69) is 30.2 Å². The van der Waals surface area contributed by atoms with Crippen LogP contribution in [-0.2, 0) is 18.3 Å². The molecule has 0 radical (unpaired) electrons. The summed E-state index contributed by atoms with van der Waals surface area (Å²) in [6.07, 6.45) is 2.29. The molecule has 0 bridgehead atoms. The molecule has 2 fully saturated rings. The molecule has 4 rings (SSSR count). The van der Waals surface area contributed by atoms with Crippen LogP contribution in [0.4, 0.5) is 11.9 Å². The van der Waals surface area contributed by atoms with E-state index in [0.717, 1.165) is 44.7 Å². The van der Waals surface area contributed by atoms with Crippen molar-refractivity contribution in [1.82, 2.24) is 30.0 Å². The quantitative estimate of drug-likeness (QED) is 0.778. The SMILES string of the molecule is Cc1nn(C)c(C)c1C(=O)NCc1nc(N2CCCC2)nc(N2CCOCC2)n1. The number of hydrogen-bond acceptors (Lipinski definition) is 8. The number of aryl methyl sites for hydroxylation is 2. The number of rotatable bonds is 5. The molecule has 2 aromatic heterocycles. The van der Waals surface area contributed by atoms with Crippen LogP contribution in [0.2, 0.25) is 0 Å². The largest absolute Gasteiger partial charge is 0.378 e. The van der Waals surface area contributed by atoms with Crippen LogP contribution in [0.3, 0.4) is 0 Å². The van der Waals surface area contributed by atoms with Crippen molar-refractivity contribution in [2.24, 2.45) is 7.05 Å². The standard InChI is InChI=1S/C19H28N8O2/c1-13-16(14(2)25(3)24-13)17(28)20-12-15-21-18(26-6-4-5-7-26)23-19(22-15)27-8-10-29-11-9-27/h4-12H2,1-3H3,(H,20,28). The maximum absolute atomic E-state index is 12.7. The second kappa shape index (κ2) is 8.32. The lowest BCUT2D eigenvalue weighted by Crippen LogP contribution is -2.38. The molecule has 0 spiro atoms. The first-order valence-electron chi connectivity index (χ1n) is 10.1. The molecular weight excluding hydrogens is 372 g/mol. The number of morpholine rings is 1. The molecule has 0 atom stereocenters. The number of ether oxygens (including phenoxy) is 1. The third-order valence-corrected chi connectivity index (χ3v) is 5.48. The Hall–Kier alpha value is -2.75. The van der Waals surface area contributed by atoms with Gasteiger partial charge in [-0.1, -0.05) is 0 Å². The molecule has 0 aromatic carbocycles. The van der Waals surface area contributed by atoms with Gasteiger partial charge in [-0.2, -0.15) is 20.1 Å². The Labute approximate surface area is 170 Å². The molecular formula is C19H28N8O2. The van der Waals surface area contributed by atoms with E-state index < -0.39 is 0 Å². The van der Waals surface area contributed by atoms with Crippen molar-refractivity contribution in [2.45, 2.75) is 33.2 Å².